The molecule has 0 aromatic heterocycles. The SMILES string of the molecule is C=C(C)N=C(C)N(C)C(C)=O. The minimum absolute atomic E-state index is 0.0208. The van der Waals surface area contributed by atoms with Crippen LogP contribution in [0.3, 0.4) is 0 Å². The number of carbonyl (C=O) groups excluding carboxylic acids is 1. The second kappa shape index (κ2) is 3.91. The van der Waals surface area contributed by atoms with Crippen LogP contribution in [-0.2, 0) is 4.79 Å². The van der Waals surface area contributed by atoms with Crippen molar-refractivity contribution in [2.24, 2.45) is 4.99 Å². The Morgan fingerprint density at radius 2 is 1.82 bits per heavy atom. The van der Waals surface area contributed by atoms with Crippen molar-refractivity contribution in [1.82, 2.24) is 4.90 Å². The van der Waals surface area contributed by atoms with Gasteiger partial charge in [0.15, 0.2) is 0 Å². The molecule has 3 heteroatoms. The van der Waals surface area contributed by atoms with Crippen molar-refractivity contribution in [2.75, 3.05) is 7.05 Å². The summed E-state index contributed by atoms with van der Waals surface area (Å²) in [5, 5.41) is 0. The first-order valence-corrected chi connectivity index (χ1v) is 3.40. The minimum atomic E-state index is -0.0208. The molecule has 0 aliphatic rings. The van der Waals surface area contributed by atoms with Gasteiger partial charge < -0.3 is 4.90 Å². The predicted molar refractivity (Wildman–Crippen MR) is 46.4 cm³/mol. The topological polar surface area (TPSA) is 32.7 Å². The van der Waals surface area contributed by atoms with Crippen LogP contribution in [0.5, 0.6) is 0 Å². The van der Waals surface area contributed by atoms with E-state index in [4.69, 9.17) is 0 Å². The number of rotatable bonds is 1. The summed E-state index contributed by atoms with van der Waals surface area (Å²) in [5.74, 6) is 0.650. The first kappa shape index (κ1) is 9.88. The average molecular weight is 154 g/mol. The number of amidine groups is 1. The average Bonchev–Trinajstić information content (AvgIpc) is 1.84. The number of hydrogen-bond donors (Lipinski definition) is 0. The fourth-order valence-corrected chi connectivity index (χ4v) is 0.579. The Labute approximate surface area is 67.4 Å². The Balaban J connectivity index is 4.35. The molecule has 0 aromatic rings. The molecule has 0 radical (unpaired) electrons. The maximum absolute atomic E-state index is 10.8. The molecular weight excluding hydrogens is 140 g/mol. The van der Waals surface area contributed by atoms with E-state index in [1.807, 2.05) is 0 Å². The van der Waals surface area contributed by atoms with E-state index in [9.17, 15) is 4.79 Å². The third-order valence-corrected chi connectivity index (χ3v) is 1.31. The van der Waals surface area contributed by atoms with Gasteiger partial charge in [-0.25, -0.2) is 4.99 Å². The standard InChI is InChI=1S/C8H14N2O/c1-6(2)9-7(3)10(5)8(4)11/h1H2,2-5H3. The van der Waals surface area contributed by atoms with Crippen LogP contribution >= 0.6 is 0 Å². The predicted octanol–water partition coefficient (Wildman–Crippen LogP) is 1.42. The van der Waals surface area contributed by atoms with Crippen LogP contribution < -0.4 is 0 Å². The fraction of sp³-hybridized carbons (Fsp3) is 0.500. The Kier molecular flexibility index (Phi) is 3.51. The fourth-order valence-electron chi connectivity index (χ4n) is 0.579. The molecule has 0 rings (SSSR count). The van der Waals surface area contributed by atoms with E-state index in [1.165, 1.54) is 11.8 Å². The van der Waals surface area contributed by atoms with E-state index < -0.39 is 0 Å². The van der Waals surface area contributed by atoms with E-state index in [0.29, 0.717) is 11.5 Å². The summed E-state index contributed by atoms with van der Waals surface area (Å²) in [6.07, 6.45) is 0. The number of carbonyl (C=O) groups is 1. The molecule has 0 spiro atoms. The first-order chi connectivity index (χ1) is 4.95. The van der Waals surface area contributed by atoms with Gasteiger partial charge in [0.05, 0.1) is 0 Å². The molecule has 0 fully saturated rings. The van der Waals surface area contributed by atoms with Gasteiger partial charge in [-0.3, -0.25) is 4.79 Å². The lowest BCUT2D eigenvalue weighted by Crippen LogP contribution is -2.28. The summed E-state index contributed by atoms with van der Waals surface area (Å²) in [5.41, 5.74) is 0.704. The van der Waals surface area contributed by atoms with Gasteiger partial charge in [0.1, 0.15) is 5.84 Å². The van der Waals surface area contributed by atoms with Crippen LogP contribution in [0.15, 0.2) is 17.3 Å². The lowest BCUT2D eigenvalue weighted by molar-refractivity contribution is -0.124. The molecule has 0 unspecified atom stereocenters. The molecule has 0 aromatic carbocycles. The molecular formula is C8H14N2O. The number of nitrogens with zero attached hydrogens (tertiary/aromatic N) is 2. The van der Waals surface area contributed by atoms with Gasteiger partial charge in [0, 0.05) is 19.7 Å². The molecule has 0 bridgehead atoms. The highest BCUT2D eigenvalue weighted by Gasteiger charge is 2.03. The zero-order valence-electron chi connectivity index (χ0n) is 7.51. The Bertz CT molecular complexity index is 206. The van der Waals surface area contributed by atoms with Crippen LogP contribution in [0.25, 0.3) is 0 Å². The van der Waals surface area contributed by atoms with Gasteiger partial charge in [0.25, 0.3) is 0 Å². The van der Waals surface area contributed by atoms with Crippen molar-refractivity contribution in [3.8, 4) is 0 Å². The van der Waals surface area contributed by atoms with Crippen molar-refractivity contribution in [3.05, 3.63) is 12.3 Å². The summed E-state index contributed by atoms with van der Waals surface area (Å²) in [6, 6.07) is 0. The van der Waals surface area contributed by atoms with Crippen molar-refractivity contribution in [1.29, 1.82) is 0 Å². The van der Waals surface area contributed by atoms with Crippen molar-refractivity contribution >= 4 is 11.7 Å². The Hall–Kier alpha value is -1.12. The summed E-state index contributed by atoms with van der Waals surface area (Å²) < 4.78 is 0. The van der Waals surface area contributed by atoms with Crippen LogP contribution in [0, 0.1) is 0 Å². The van der Waals surface area contributed by atoms with Gasteiger partial charge in [-0.1, -0.05) is 6.58 Å². The zero-order valence-corrected chi connectivity index (χ0v) is 7.51. The Morgan fingerprint density at radius 1 is 1.36 bits per heavy atom. The molecule has 3 nitrogen and oxygen atoms in total. The zero-order chi connectivity index (χ0) is 9.02. The molecule has 0 heterocycles. The van der Waals surface area contributed by atoms with Crippen molar-refractivity contribution in [3.63, 3.8) is 0 Å². The maximum Gasteiger partial charge on any atom is 0.224 e. The minimum Gasteiger partial charge on any atom is -0.304 e. The lowest BCUT2D eigenvalue weighted by atomic mass is 10.5. The van der Waals surface area contributed by atoms with Crippen LogP contribution in [0.1, 0.15) is 20.8 Å². The maximum atomic E-state index is 10.8. The molecule has 0 N–H and O–H groups in total. The number of amides is 1. The molecule has 0 aliphatic carbocycles. The van der Waals surface area contributed by atoms with Crippen LogP contribution in [0.4, 0.5) is 0 Å². The van der Waals surface area contributed by atoms with Gasteiger partial charge in [-0.2, -0.15) is 0 Å². The third-order valence-electron chi connectivity index (χ3n) is 1.31. The van der Waals surface area contributed by atoms with E-state index in [0.717, 1.165) is 0 Å². The smallest absolute Gasteiger partial charge is 0.224 e. The van der Waals surface area contributed by atoms with Gasteiger partial charge >= 0.3 is 0 Å². The highest BCUT2D eigenvalue weighted by Crippen LogP contribution is 1.94. The summed E-state index contributed by atoms with van der Waals surface area (Å²) >= 11 is 0. The second-order valence-electron chi connectivity index (χ2n) is 2.47. The van der Waals surface area contributed by atoms with Crippen LogP contribution in [-0.4, -0.2) is 23.7 Å². The number of aliphatic imine (C=N–C) groups is 1. The van der Waals surface area contributed by atoms with E-state index in [2.05, 4.69) is 11.6 Å². The lowest BCUT2D eigenvalue weighted by Gasteiger charge is -2.13. The normalized spacial score (nSPS) is 11.1. The summed E-state index contributed by atoms with van der Waals surface area (Å²) in [7, 11) is 1.68. The second-order valence-corrected chi connectivity index (χ2v) is 2.47. The van der Waals surface area contributed by atoms with E-state index in [1.54, 1.807) is 20.9 Å². The van der Waals surface area contributed by atoms with Crippen molar-refractivity contribution < 1.29 is 4.79 Å². The largest absolute Gasteiger partial charge is 0.304 e. The molecule has 0 saturated carbocycles. The van der Waals surface area contributed by atoms with Crippen LogP contribution in [0.2, 0.25) is 0 Å². The summed E-state index contributed by atoms with van der Waals surface area (Å²) in [4.78, 5) is 16.3. The summed E-state index contributed by atoms with van der Waals surface area (Å²) in [6.45, 7) is 8.67. The molecule has 0 atom stereocenters. The third kappa shape index (κ3) is 3.55. The number of hydrogen-bond acceptors (Lipinski definition) is 2. The molecule has 0 saturated heterocycles. The highest BCUT2D eigenvalue weighted by atomic mass is 16.2. The highest BCUT2D eigenvalue weighted by molar-refractivity contribution is 5.95. The Morgan fingerprint density at radius 3 is 2.09 bits per heavy atom. The molecule has 1 amide bonds. The quantitative estimate of drug-likeness (QED) is 0.415. The first-order valence-electron chi connectivity index (χ1n) is 3.40. The molecule has 62 valence electrons. The van der Waals surface area contributed by atoms with Gasteiger partial charge in [-0.15, -0.1) is 0 Å². The monoisotopic (exact) mass is 154 g/mol. The van der Waals surface area contributed by atoms with Crippen molar-refractivity contribution in [2.45, 2.75) is 20.8 Å². The van der Waals surface area contributed by atoms with Gasteiger partial charge in [0.2, 0.25) is 5.91 Å². The van der Waals surface area contributed by atoms with E-state index in [-0.39, 0.29) is 5.91 Å². The molecule has 11 heavy (non-hydrogen) atoms. The molecule has 0 aliphatic heterocycles. The van der Waals surface area contributed by atoms with E-state index >= 15 is 0 Å². The van der Waals surface area contributed by atoms with Gasteiger partial charge in [-0.05, 0) is 13.8 Å². The number of allylic oxidation sites excluding steroid dienone is 1.